The molecule has 0 amide bonds. The maximum Gasteiger partial charge on any atom is 0.178 e. The molecule has 108 valence electrons. The van der Waals surface area contributed by atoms with Gasteiger partial charge in [0.25, 0.3) is 0 Å². The van der Waals surface area contributed by atoms with Gasteiger partial charge < -0.3 is 0 Å². The molecule has 3 aromatic rings. The smallest absolute Gasteiger partial charge is 0.178 e. The van der Waals surface area contributed by atoms with Crippen molar-refractivity contribution < 1.29 is 0 Å². The zero-order valence-corrected chi connectivity index (χ0v) is 13.0. The van der Waals surface area contributed by atoms with Crippen molar-refractivity contribution in [3.63, 3.8) is 0 Å². The number of hydrogen-bond donors (Lipinski definition) is 1. The number of benzene rings is 1. The highest BCUT2D eigenvalue weighted by molar-refractivity contribution is 6.32. The van der Waals surface area contributed by atoms with Crippen LogP contribution in [0.15, 0.2) is 30.5 Å². The van der Waals surface area contributed by atoms with E-state index < -0.39 is 0 Å². The van der Waals surface area contributed by atoms with Crippen molar-refractivity contribution in [1.29, 1.82) is 0 Å². The second kappa shape index (κ2) is 5.50. The standard InChI is InChI=1S/C14H13Cl2N5/c1-8(10-3-5-11(15)6-4-10)21-14(18-9(2)20-21)13-12(16)7-17-19-13/h3-8H,1-2H3,(H,17,19). The lowest BCUT2D eigenvalue weighted by molar-refractivity contribution is 0.565. The molecule has 1 N–H and O–H groups in total. The van der Waals surface area contributed by atoms with E-state index >= 15 is 0 Å². The Morgan fingerprint density at radius 2 is 1.90 bits per heavy atom. The third kappa shape index (κ3) is 2.66. The lowest BCUT2D eigenvalue weighted by Gasteiger charge is -2.14. The predicted octanol–water partition coefficient (Wildman–Crippen LogP) is 3.89. The van der Waals surface area contributed by atoms with E-state index in [9.17, 15) is 0 Å². The molecule has 0 aliphatic rings. The molecule has 0 aliphatic carbocycles. The minimum atomic E-state index is -0.00201. The minimum absolute atomic E-state index is 0.00201. The summed E-state index contributed by atoms with van der Waals surface area (Å²) < 4.78 is 1.83. The summed E-state index contributed by atoms with van der Waals surface area (Å²) in [5.74, 6) is 1.34. The van der Waals surface area contributed by atoms with Crippen LogP contribution in [0.2, 0.25) is 10.0 Å². The van der Waals surface area contributed by atoms with Crippen molar-refractivity contribution in [2.45, 2.75) is 19.9 Å². The Morgan fingerprint density at radius 3 is 2.52 bits per heavy atom. The molecule has 21 heavy (non-hydrogen) atoms. The summed E-state index contributed by atoms with van der Waals surface area (Å²) in [4.78, 5) is 4.45. The molecule has 2 aromatic heterocycles. The van der Waals surface area contributed by atoms with E-state index in [0.29, 0.717) is 27.4 Å². The average molecular weight is 322 g/mol. The SMILES string of the molecule is Cc1nc(-c2[nH]ncc2Cl)n(C(C)c2ccc(Cl)cc2)n1. The van der Waals surface area contributed by atoms with Crippen LogP contribution in [0.1, 0.15) is 24.4 Å². The van der Waals surface area contributed by atoms with Gasteiger partial charge in [-0.3, -0.25) is 5.10 Å². The molecular formula is C14H13Cl2N5. The summed E-state index contributed by atoms with van der Waals surface area (Å²) in [6.07, 6.45) is 1.55. The van der Waals surface area contributed by atoms with Crippen LogP contribution in [0.25, 0.3) is 11.5 Å². The highest BCUT2D eigenvalue weighted by Gasteiger charge is 2.19. The summed E-state index contributed by atoms with van der Waals surface area (Å²) in [5, 5.41) is 12.5. The number of nitrogens with one attached hydrogen (secondary N) is 1. The van der Waals surface area contributed by atoms with Crippen LogP contribution in [0.3, 0.4) is 0 Å². The van der Waals surface area contributed by atoms with E-state index in [1.54, 1.807) is 6.20 Å². The fourth-order valence-electron chi connectivity index (χ4n) is 2.18. The van der Waals surface area contributed by atoms with Crippen molar-refractivity contribution in [2.75, 3.05) is 0 Å². The predicted molar refractivity (Wildman–Crippen MR) is 82.6 cm³/mol. The first-order valence-electron chi connectivity index (χ1n) is 6.44. The molecule has 1 atom stereocenters. The van der Waals surface area contributed by atoms with Gasteiger partial charge >= 0.3 is 0 Å². The Kier molecular flexibility index (Phi) is 3.69. The maximum absolute atomic E-state index is 6.13. The quantitative estimate of drug-likeness (QED) is 0.796. The fourth-order valence-corrected chi connectivity index (χ4v) is 2.48. The number of aromatic amines is 1. The van der Waals surface area contributed by atoms with Gasteiger partial charge in [0.15, 0.2) is 5.82 Å². The number of H-pyrrole nitrogens is 1. The zero-order chi connectivity index (χ0) is 15.0. The Hall–Kier alpha value is -1.85. The Bertz CT molecular complexity index is 760. The van der Waals surface area contributed by atoms with Crippen molar-refractivity contribution in [2.24, 2.45) is 0 Å². The minimum Gasteiger partial charge on any atom is -0.273 e. The van der Waals surface area contributed by atoms with E-state index in [1.807, 2.05) is 42.8 Å². The molecule has 0 radical (unpaired) electrons. The molecule has 1 aromatic carbocycles. The van der Waals surface area contributed by atoms with Gasteiger partial charge in [0.1, 0.15) is 11.5 Å². The summed E-state index contributed by atoms with van der Waals surface area (Å²) >= 11 is 12.1. The van der Waals surface area contributed by atoms with E-state index in [-0.39, 0.29) is 6.04 Å². The summed E-state index contributed by atoms with van der Waals surface area (Å²) in [5.41, 5.74) is 1.75. The molecule has 0 saturated heterocycles. The second-order valence-corrected chi connectivity index (χ2v) is 5.59. The first-order valence-corrected chi connectivity index (χ1v) is 7.19. The Labute approximate surface area is 131 Å². The number of aryl methyl sites for hydroxylation is 1. The lowest BCUT2D eigenvalue weighted by atomic mass is 10.1. The van der Waals surface area contributed by atoms with Crippen molar-refractivity contribution in [3.05, 3.63) is 51.9 Å². The van der Waals surface area contributed by atoms with Crippen molar-refractivity contribution in [3.8, 4) is 11.5 Å². The molecule has 1 unspecified atom stereocenters. The molecular weight excluding hydrogens is 309 g/mol. The van der Waals surface area contributed by atoms with Gasteiger partial charge in [0.05, 0.1) is 17.3 Å². The second-order valence-electron chi connectivity index (χ2n) is 4.75. The lowest BCUT2D eigenvalue weighted by Crippen LogP contribution is -2.10. The molecule has 0 fully saturated rings. The Balaban J connectivity index is 2.06. The normalized spacial score (nSPS) is 12.6. The third-order valence-electron chi connectivity index (χ3n) is 3.27. The average Bonchev–Trinajstić information content (AvgIpc) is 3.04. The number of aromatic nitrogens is 5. The van der Waals surface area contributed by atoms with E-state index in [4.69, 9.17) is 23.2 Å². The monoisotopic (exact) mass is 321 g/mol. The summed E-state index contributed by atoms with van der Waals surface area (Å²) in [6, 6.07) is 7.67. The first kappa shape index (κ1) is 14.1. The highest BCUT2D eigenvalue weighted by atomic mass is 35.5. The molecule has 3 rings (SSSR count). The topological polar surface area (TPSA) is 59.4 Å². The van der Waals surface area contributed by atoms with Crippen LogP contribution in [0.4, 0.5) is 0 Å². The summed E-state index contributed by atoms with van der Waals surface area (Å²) in [7, 11) is 0. The van der Waals surface area contributed by atoms with Gasteiger partial charge in [-0.1, -0.05) is 35.3 Å². The third-order valence-corrected chi connectivity index (χ3v) is 3.81. The molecule has 0 saturated carbocycles. The van der Waals surface area contributed by atoms with E-state index in [2.05, 4.69) is 20.3 Å². The van der Waals surface area contributed by atoms with Crippen molar-refractivity contribution >= 4 is 23.2 Å². The largest absolute Gasteiger partial charge is 0.273 e. The number of halogens is 2. The van der Waals surface area contributed by atoms with Gasteiger partial charge in [0, 0.05) is 5.02 Å². The first-order chi connectivity index (χ1) is 10.1. The molecule has 7 heteroatoms. The highest BCUT2D eigenvalue weighted by Crippen LogP contribution is 2.28. The van der Waals surface area contributed by atoms with Crippen LogP contribution < -0.4 is 0 Å². The Morgan fingerprint density at radius 1 is 1.19 bits per heavy atom. The van der Waals surface area contributed by atoms with Gasteiger partial charge in [-0.05, 0) is 31.5 Å². The molecule has 0 aliphatic heterocycles. The van der Waals surface area contributed by atoms with Crippen LogP contribution in [-0.4, -0.2) is 25.0 Å². The number of hydrogen-bond acceptors (Lipinski definition) is 3. The number of nitrogens with zero attached hydrogens (tertiary/aromatic N) is 4. The van der Waals surface area contributed by atoms with Crippen LogP contribution in [-0.2, 0) is 0 Å². The molecule has 0 bridgehead atoms. The van der Waals surface area contributed by atoms with Gasteiger partial charge in [-0.25, -0.2) is 9.67 Å². The maximum atomic E-state index is 6.13. The fraction of sp³-hybridized carbons (Fsp3) is 0.214. The summed E-state index contributed by atoms with van der Waals surface area (Å²) in [6.45, 7) is 3.89. The van der Waals surface area contributed by atoms with Gasteiger partial charge in [0.2, 0.25) is 0 Å². The van der Waals surface area contributed by atoms with Crippen molar-refractivity contribution in [1.82, 2.24) is 25.0 Å². The molecule has 0 spiro atoms. The van der Waals surface area contributed by atoms with E-state index in [0.717, 1.165) is 5.56 Å². The number of rotatable bonds is 3. The van der Waals surface area contributed by atoms with Gasteiger partial charge in [-0.2, -0.15) is 10.2 Å². The van der Waals surface area contributed by atoms with Crippen LogP contribution in [0.5, 0.6) is 0 Å². The molecule has 5 nitrogen and oxygen atoms in total. The van der Waals surface area contributed by atoms with Crippen LogP contribution in [0, 0.1) is 6.92 Å². The van der Waals surface area contributed by atoms with Crippen LogP contribution >= 0.6 is 23.2 Å². The van der Waals surface area contributed by atoms with Gasteiger partial charge in [-0.15, -0.1) is 0 Å². The zero-order valence-electron chi connectivity index (χ0n) is 11.5. The van der Waals surface area contributed by atoms with E-state index in [1.165, 1.54) is 0 Å². The molecule has 2 heterocycles.